The van der Waals surface area contributed by atoms with E-state index in [1.54, 1.807) is 36.4 Å². The third-order valence-corrected chi connectivity index (χ3v) is 5.39. The maximum Gasteiger partial charge on any atom is 0.573 e. The van der Waals surface area contributed by atoms with Gasteiger partial charge in [-0.15, -0.1) is 13.2 Å². The summed E-state index contributed by atoms with van der Waals surface area (Å²) < 4.78 is 47.1. The number of amides is 1. The van der Waals surface area contributed by atoms with Crippen LogP contribution in [-0.2, 0) is 9.59 Å². The van der Waals surface area contributed by atoms with Gasteiger partial charge in [0.1, 0.15) is 17.3 Å². The molecule has 1 atom stereocenters. The smallest absolute Gasteiger partial charge is 0.507 e. The Balaban J connectivity index is 1.77. The van der Waals surface area contributed by atoms with E-state index >= 15 is 0 Å². The van der Waals surface area contributed by atoms with Gasteiger partial charge in [0.25, 0.3) is 11.7 Å². The fourth-order valence-corrected chi connectivity index (χ4v) is 3.84. The molecule has 1 unspecified atom stereocenters. The fourth-order valence-electron chi connectivity index (χ4n) is 3.84. The first-order chi connectivity index (χ1) is 17.2. The molecule has 1 saturated heterocycles. The van der Waals surface area contributed by atoms with E-state index in [1.165, 1.54) is 24.5 Å². The van der Waals surface area contributed by atoms with Gasteiger partial charge < -0.3 is 14.6 Å². The predicted molar refractivity (Wildman–Crippen MR) is 124 cm³/mol. The van der Waals surface area contributed by atoms with Crippen LogP contribution in [-0.4, -0.2) is 34.8 Å². The number of carbonyl (C=O) groups excluding carboxylic acids is 2. The molecule has 0 bridgehead atoms. The lowest BCUT2D eigenvalue weighted by Crippen LogP contribution is -2.29. The number of benzene rings is 2. The Morgan fingerprint density at radius 1 is 1.03 bits per heavy atom. The second-order valence-electron chi connectivity index (χ2n) is 7.87. The number of Topliss-reactive ketones (excluding diaryl/α,β-unsaturated/α-hetero) is 1. The van der Waals surface area contributed by atoms with Crippen molar-refractivity contribution in [3.05, 3.63) is 89.8 Å². The summed E-state index contributed by atoms with van der Waals surface area (Å²) in [5.41, 5.74) is 0.685. The van der Waals surface area contributed by atoms with E-state index in [1.807, 2.05) is 6.92 Å². The molecule has 186 valence electrons. The molecule has 0 spiro atoms. The number of hydrogen-bond donors (Lipinski definition) is 1. The maximum absolute atomic E-state index is 13.1. The predicted octanol–water partition coefficient (Wildman–Crippen LogP) is 5.40. The molecule has 0 saturated carbocycles. The van der Waals surface area contributed by atoms with Gasteiger partial charge in [-0.05, 0) is 66.6 Å². The van der Waals surface area contributed by atoms with E-state index in [9.17, 15) is 27.9 Å². The molecule has 0 radical (unpaired) electrons. The highest BCUT2D eigenvalue weighted by Gasteiger charge is 2.47. The lowest BCUT2D eigenvalue weighted by Gasteiger charge is -2.25. The highest BCUT2D eigenvalue weighted by Crippen LogP contribution is 2.42. The van der Waals surface area contributed by atoms with E-state index in [0.717, 1.165) is 23.5 Å². The molecule has 36 heavy (non-hydrogen) atoms. The molecule has 10 heteroatoms. The monoisotopic (exact) mass is 498 g/mol. The number of nitrogens with zero attached hydrogens (tertiary/aromatic N) is 2. The number of aliphatic hydroxyl groups excluding tert-OH is 1. The zero-order valence-corrected chi connectivity index (χ0v) is 19.0. The number of anilines is 1. The summed E-state index contributed by atoms with van der Waals surface area (Å²) in [6.45, 7) is 2.48. The van der Waals surface area contributed by atoms with Crippen molar-refractivity contribution in [2.45, 2.75) is 25.7 Å². The van der Waals surface area contributed by atoms with Gasteiger partial charge in [0.05, 0.1) is 18.2 Å². The van der Waals surface area contributed by atoms with Crippen LogP contribution >= 0.6 is 0 Å². The third-order valence-electron chi connectivity index (χ3n) is 5.39. The van der Waals surface area contributed by atoms with E-state index in [-0.39, 0.29) is 11.3 Å². The maximum atomic E-state index is 13.1. The van der Waals surface area contributed by atoms with Crippen LogP contribution in [0, 0.1) is 0 Å². The van der Waals surface area contributed by atoms with Crippen LogP contribution < -0.4 is 14.4 Å². The molecule has 1 aliphatic heterocycles. The fraction of sp³-hybridized carbons (Fsp3) is 0.192. The van der Waals surface area contributed by atoms with Crippen LogP contribution in [0.3, 0.4) is 0 Å². The van der Waals surface area contributed by atoms with Gasteiger partial charge in [-0.2, -0.15) is 0 Å². The summed E-state index contributed by atoms with van der Waals surface area (Å²) in [6.07, 6.45) is -1.11. The number of alkyl halides is 3. The Hall–Kier alpha value is -4.34. The molecule has 3 aromatic rings. The van der Waals surface area contributed by atoms with Crippen molar-refractivity contribution < 1.29 is 37.3 Å². The second-order valence-corrected chi connectivity index (χ2v) is 7.87. The number of pyridine rings is 1. The first kappa shape index (κ1) is 24.8. The molecule has 7 nitrogen and oxygen atoms in total. The summed E-state index contributed by atoms with van der Waals surface area (Å²) in [7, 11) is 0. The van der Waals surface area contributed by atoms with E-state index in [2.05, 4.69) is 9.72 Å². The van der Waals surface area contributed by atoms with Crippen molar-refractivity contribution in [3.8, 4) is 11.5 Å². The lowest BCUT2D eigenvalue weighted by atomic mass is 9.96. The van der Waals surface area contributed by atoms with Gasteiger partial charge in [-0.25, -0.2) is 0 Å². The number of aliphatic hydroxyl groups is 1. The summed E-state index contributed by atoms with van der Waals surface area (Å²) in [5.74, 6) is -2.19. The number of ketones is 1. The third kappa shape index (κ3) is 5.17. The second kappa shape index (κ2) is 10.1. The van der Waals surface area contributed by atoms with Gasteiger partial charge in [0.15, 0.2) is 0 Å². The summed E-state index contributed by atoms with van der Waals surface area (Å²) in [6, 6.07) is 13.1. The first-order valence-corrected chi connectivity index (χ1v) is 11.0. The molecule has 1 aromatic heterocycles. The van der Waals surface area contributed by atoms with Crippen LogP contribution in [0.4, 0.5) is 18.9 Å². The topological polar surface area (TPSA) is 89.0 Å². The number of ether oxygens (including phenoxy) is 2. The number of aromatic nitrogens is 1. The number of halogens is 3. The van der Waals surface area contributed by atoms with Crippen LogP contribution in [0.1, 0.15) is 30.5 Å². The van der Waals surface area contributed by atoms with Crippen molar-refractivity contribution >= 4 is 23.1 Å². The van der Waals surface area contributed by atoms with Crippen molar-refractivity contribution in [3.63, 3.8) is 0 Å². The minimum absolute atomic E-state index is 0.142. The number of hydrogen-bond acceptors (Lipinski definition) is 6. The zero-order valence-electron chi connectivity index (χ0n) is 19.0. The molecule has 0 aliphatic carbocycles. The minimum Gasteiger partial charge on any atom is -0.507 e. The largest absolute Gasteiger partial charge is 0.573 e. The summed E-state index contributed by atoms with van der Waals surface area (Å²) >= 11 is 0. The van der Waals surface area contributed by atoms with Crippen molar-refractivity contribution in [1.29, 1.82) is 0 Å². The molecular weight excluding hydrogens is 477 g/mol. The highest BCUT2D eigenvalue weighted by atomic mass is 19.4. The molecule has 1 aliphatic rings. The Morgan fingerprint density at radius 3 is 2.28 bits per heavy atom. The molecule has 1 fully saturated rings. The van der Waals surface area contributed by atoms with Crippen LogP contribution in [0.15, 0.2) is 78.6 Å². The molecule has 1 amide bonds. The first-order valence-electron chi connectivity index (χ1n) is 11.0. The minimum atomic E-state index is -4.88. The van der Waals surface area contributed by atoms with Crippen LogP contribution in [0.2, 0.25) is 0 Å². The Bertz CT molecular complexity index is 1270. The van der Waals surface area contributed by atoms with Gasteiger partial charge in [-0.3, -0.25) is 19.5 Å². The molecule has 1 N–H and O–H groups in total. The lowest BCUT2D eigenvalue weighted by molar-refractivity contribution is -0.274. The highest BCUT2D eigenvalue weighted by molar-refractivity contribution is 6.51. The summed E-state index contributed by atoms with van der Waals surface area (Å²) in [4.78, 5) is 31.4. The molecular formula is C26H21F3N2O5. The van der Waals surface area contributed by atoms with Crippen LogP contribution in [0.25, 0.3) is 5.76 Å². The quantitative estimate of drug-likeness (QED) is 0.267. The van der Waals surface area contributed by atoms with E-state index in [0.29, 0.717) is 23.5 Å². The average Bonchev–Trinajstić information content (AvgIpc) is 3.13. The number of rotatable bonds is 7. The normalized spacial score (nSPS) is 17.3. The average molecular weight is 498 g/mol. The molecule has 4 rings (SSSR count). The van der Waals surface area contributed by atoms with E-state index < -0.39 is 35.6 Å². The standard InChI is InChI=1S/C26H21F3N2O5/c1-2-14-35-19-9-5-16(6-10-19)23(32)21-22(17-4-3-13-30-15-17)31(25(34)24(21)33)18-7-11-20(12-8-18)36-26(27,28)29/h3-13,15,22,32H,2,14H2,1H3/b23-21-. The Kier molecular flexibility index (Phi) is 6.96. The van der Waals surface area contributed by atoms with Gasteiger partial charge in [-0.1, -0.05) is 13.0 Å². The SMILES string of the molecule is CCCOc1ccc(/C(O)=C2/C(=O)C(=O)N(c3ccc(OC(F)(F)F)cc3)C2c2cccnc2)cc1. The van der Waals surface area contributed by atoms with Crippen molar-refractivity contribution in [2.24, 2.45) is 0 Å². The summed E-state index contributed by atoms with van der Waals surface area (Å²) in [5, 5.41) is 11.1. The Labute approximate surface area is 204 Å². The molecule has 2 aromatic carbocycles. The Morgan fingerprint density at radius 2 is 1.69 bits per heavy atom. The van der Waals surface area contributed by atoms with Gasteiger partial charge >= 0.3 is 6.36 Å². The number of carbonyl (C=O) groups is 2. The van der Waals surface area contributed by atoms with Crippen LogP contribution in [0.5, 0.6) is 11.5 Å². The van der Waals surface area contributed by atoms with E-state index in [4.69, 9.17) is 4.74 Å². The van der Waals surface area contributed by atoms with Gasteiger partial charge in [0, 0.05) is 23.6 Å². The van der Waals surface area contributed by atoms with Crippen molar-refractivity contribution in [1.82, 2.24) is 4.98 Å². The van der Waals surface area contributed by atoms with Crippen molar-refractivity contribution in [2.75, 3.05) is 11.5 Å². The zero-order chi connectivity index (χ0) is 25.9. The molecule has 2 heterocycles. The van der Waals surface area contributed by atoms with Gasteiger partial charge in [0.2, 0.25) is 0 Å².